The van der Waals surface area contributed by atoms with E-state index in [0.717, 1.165) is 0 Å². The number of halogens is 1. The number of hydrogen-bond acceptors (Lipinski definition) is 6. The average Bonchev–Trinajstić information content (AvgIpc) is 3.00. The molecule has 0 bridgehead atoms. The Morgan fingerprint density at radius 3 is 2.72 bits per heavy atom. The van der Waals surface area contributed by atoms with Gasteiger partial charge < -0.3 is 14.9 Å². The van der Waals surface area contributed by atoms with Gasteiger partial charge in [0.2, 0.25) is 0 Å². The van der Waals surface area contributed by atoms with Crippen LogP contribution in [0.25, 0.3) is 0 Å². The van der Waals surface area contributed by atoms with Crippen LogP contribution in [0, 0.1) is 11.2 Å². The molecule has 1 heterocycles. The summed E-state index contributed by atoms with van der Waals surface area (Å²) in [6.07, 6.45) is -2.78. The van der Waals surface area contributed by atoms with E-state index in [0.29, 0.717) is 16.2 Å². The maximum atomic E-state index is 13.3. The molecule has 1 amide bonds. The molecular weight excluding hydrogens is 379 g/mol. The summed E-state index contributed by atoms with van der Waals surface area (Å²) < 4.78 is 18.9. The normalized spacial score (nSPS) is 25.0. The predicted octanol–water partition coefficient (Wildman–Crippen LogP) is 1.70. The molecular formula is C21H25FN2O5. The van der Waals surface area contributed by atoms with Gasteiger partial charge in [-0.15, -0.1) is 0 Å². The number of nitrogens with one attached hydrogen (secondary N) is 1. The van der Waals surface area contributed by atoms with Crippen LogP contribution in [0.1, 0.15) is 29.1 Å². The molecule has 8 heteroatoms. The van der Waals surface area contributed by atoms with Crippen molar-refractivity contribution in [2.45, 2.75) is 25.4 Å². The van der Waals surface area contributed by atoms with Crippen LogP contribution in [0.4, 0.5) is 4.39 Å². The third-order valence-electron chi connectivity index (χ3n) is 5.14. The molecule has 1 aliphatic rings. The number of rotatable bonds is 7. The van der Waals surface area contributed by atoms with Crippen molar-refractivity contribution < 1.29 is 29.3 Å². The predicted molar refractivity (Wildman–Crippen MR) is 102 cm³/mol. The van der Waals surface area contributed by atoms with Gasteiger partial charge in [0.15, 0.2) is 0 Å². The Hall–Kier alpha value is -2.36. The Kier molecular flexibility index (Phi) is 6.61. The molecule has 1 aliphatic heterocycles. The maximum Gasteiger partial charge on any atom is 0.277 e. The van der Waals surface area contributed by atoms with Crippen molar-refractivity contribution in [3.05, 3.63) is 71.5 Å². The quantitative estimate of drug-likeness (QED) is 0.318. The second-order valence-corrected chi connectivity index (χ2v) is 7.54. The fourth-order valence-electron chi connectivity index (χ4n) is 3.40. The summed E-state index contributed by atoms with van der Waals surface area (Å²) in [5.41, 5.74) is -0.200. The fraction of sp³-hybridized carbons (Fsp3) is 0.381. The highest BCUT2D eigenvalue weighted by molar-refractivity contribution is 5.93. The van der Waals surface area contributed by atoms with Gasteiger partial charge in [-0.05, 0) is 29.8 Å². The summed E-state index contributed by atoms with van der Waals surface area (Å²) in [7, 11) is 0. The number of carbonyl (C=O) groups is 1. The highest BCUT2D eigenvalue weighted by Gasteiger charge is 2.47. The van der Waals surface area contributed by atoms with Crippen LogP contribution in [0.3, 0.4) is 0 Å². The summed E-state index contributed by atoms with van der Waals surface area (Å²) in [6.45, 7) is 1.81. The Labute approximate surface area is 168 Å². The Morgan fingerprint density at radius 1 is 1.31 bits per heavy atom. The molecule has 0 spiro atoms. The summed E-state index contributed by atoms with van der Waals surface area (Å²) >= 11 is 0. The van der Waals surface area contributed by atoms with Crippen molar-refractivity contribution in [3.8, 4) is 0 Å². The van der Waals surface area contributed by atoms with Gasteiger partial charge >= 0.3 is 0 Å². The van der Waals surface area contributed by atoms with Crippen LogP contribution in [0.2, 0.25) is 0 Å². The zero-order valence-electron chi connectivity index (χ0n) is 16.0. The molecule has 3 rings (SSSR count). The van der Waals surface area contributed by atoms with E-state index >= 15 is 0 Å². The fourth-order valence-corrected chi connectivity index (χ4v) is 3.40. The van der Waals surface area contributed by atoms with Crippen molar-refractivity contribution in [2.24, 2.45) is 5.41 Å². The number of aliphatic hydroxyl groups excluding tert-OH is 2. The van der Waals surface area contributed by atoms with Crippen LogP contribution < -0.4 is 5.32 Å². The van der Waals surface area contributed by atoms with Gasteiger partial charge in [0.1, 0.15) is 12.0 Å². The third-order valence-corrected chi connectivity index (χ3v) is 5.14. The molecule has 2 aromatic carbocycles. The van der Waals surface area contributed by atoms with E-state index in [4.69, 9.17) is 4.74 Å². The summed E-state index contributed by atoms with van der Waals surface area (Å²) in [5, 5.41) is 34.4. The Bertz CT molecular complexity index is 837. The Balaban J connectivity index is 1.56. The lowest BCUT2D eigenvalue weighted by atomic mass is 9.84. The molecule has 0 saturated carbocycles. The molecule has 1 saturated heterocycles. The summed E-state index contributed by atoms with van der Waals surface area (Å²) in [4.78, 5) is 12.3. The highest BCUT2D eigenvalue weighted by Crippen LogP contribution is 2.34. The van der Waals surface area contributed by atoms with Crippen molar-refractivity contribution in [1.29, 1.82) is 0 Å². The molecule has 0 aliphatic carbocycles. The van der Waals surface area contributed by atoms with Gasteiger partial charge in [-0.25, -0.2) is 9.45 Å². The van der Waals surface area contributed by atoms with E-state index in [-0.39, 0.29) is 19.7 Å². The number of hydroxylamine groups is 2. The molecule has 1 fully saturated rings. The summed E-state index contributed by atoms with van der Waals surface area (Å²) in [5.74, 6) is -1.03. The molecule has 4 N–H and O–H groups in total. The van der Waals surface area contributed by atoms with Gasteiger partial charge in [0, 0.05) is 17.5 Å². The molecule has 156 valence electrons. The Morgan fingerprint density at radius 2 is 2.03 bits per heavy atom. The number of benzene rings is 2. The minimum Gasteiger partial charge on any atom is -0.390 e. The van der Waals surface area contributed by atoms with E-state index in [2.05, 4.69) is 5.32 Å². The number of carbonyl (C=O) groups excluding carboxylic acids is 1. The number of nitrogens with zero attached hydrogens (tertiary/aromatic N) is 1. The first-order valence-corrected chi connectivity index (χ1v) is 9.32. The van der Waals surface area contributed by atoms with E-state index in [1.807, 2.05) is 0 Å². The molecule has 4 atom stereocenters. The average molecular weight is 404 g/mol. The first-order valence-electron chi connectivity index (χ1n) is 9.32. The van der Waals surface area contributed by atoms with Crippen LogP contribution in [0.5, 0.6) is 0 Å². The number of hydrogen-bond donors (Lipinski definition) is 4. The van der Waals surface area contributed by atoms with Crippen molar-refractivity contribution >= 4 is 5.91 Å². The lowest BCUT2D eigenvalue weighted by Crippen LogP contribution is -2.47. The van der Waals surface area contributed by atoms with Crippen LogP contribution in [-0.4, -0.2) is 58.3 Å². The number of amides is 1. The molecule has 7 nitrogen and oxygen atoms in total. The topological polar surface area (TPSA) is 102 Å². The van der Waals surface area contributed by atoms with E-state index in [1.54, 1.807) is 43.3 Å². The maximum absolute atomic E-state index is 13.3. The van der Waals surface area contributed by atoms with Crippen molar-refractivity contribution in [1.82, 2.24) is 10.4 Å². The van der Waals surface area contributed by atoms with Gasteiger partial charge in [0.25, 0.3) is 5.91 Å². The number of aliphatic hydroxyl groups is 2. The third kappa shape index (κ3) is 4.98. The number of ether oxygens (including phenoxy) is 1. The van der Waals surface area contributed by atoms with Crippen LogP contribution in [-0.2, 0) is 4.74 Å². The lowest BCUT2D eigenvalue weighted by molar-refractivity contribution is -0.0941. The minimum atomic E-state index is -1.12. The SMILES string of the molecule is C[C@@]1(CN(O)C(=O)c2ccccc2)CO[C@H](CNC(O)c2cccc(F)c2)[C@H]1O. The monoisotopic (exact) mass is 404 g/mol. The minimum absolute atomic E-state index is 0.104. The first kappa shape index (κ1) is 21.4. The second-order valence-electron chi connectivity index (χ2n) is 7.54. The van der Waals surface area contributed by atoms with Gasteiger partial charge in [-0.1, -0.05) is 37.3 Å². The highest BCUT2D eigenvalue weighted by atomic mass is 19.1. The molecule has 29 heavy (non-hydrogen) atoms. The molecule has 0 aromatic heterocycles. The second kappa shape index (κ2) is 8.98. The van der Waals surface area contributed by atoms with Gasteiger partial charge in [0.05, 0.1) is 25.4 Å². The van der Waals surface area contributed by atoms with Crippen LogP contribution >= 0.6 is 0 Å². The first-order chi connectivity index (χ1) is 13.8. The molecule has 2 aromatic rings. The standard InChI is InChI=1S/C21H25FN2O5/c1-21(12-24(28)20(27)14-6-3-2-4-7-14)13-29-17(18(21)25)11-23-19(26)15-8-5-9-16(22)10-15/h2-10,17-19,23,25-26,28H,11-13H2,1H3/t17-,18-,19?,21-/m1/s1. The lowest BCUT2D eigenvalue weighted by Gasteiger charge is -2.31. The molecule has 1 unspecified atom stereocenters. The van der Waals surface area contributed by atoms with Crippen LogP contribution in [0.15, 0.2) is 54.6 Å². The zero-order chi connectivity index (χ0) is 21.0. The largest absolute Gasteiger partial charge is 0.390 e. The van der Waals surface area contributed by atoms with E-state index in [9.17, 15) is 24.6 Å². The smallest absolute Gasteiger partial charge is 0.277 e. The van der Waals surface area contributed by atoms with E-state index < -0.39 is 35.6 Å². The van der Waals surface area contributed by atoms with Crippen molar-refractivity contribution in [2.75, 3.05) is 19.7 Å². The van der Waals surface area contributed by atoms with Gasteiger partial charge in [-0.2, -0.15) is 0 Å². The zero-order valence-corrected chi connectivity index (χ0v) is 16.0. The summed E-state index contributed by atoms with van der Waals surface area (Å²) in [6, 6.07) is 13.9. The molecule has 0 radical (unpaired) electrons. The van der Waals surface area contributed by atoms with Gasteiger partial charge in [-0.3, -0.25) is 15.3 Å². The van der Waals surface area contributed by atoms with E-state index in [1.165, 1.54) is 18.2 Å². The van der Waals surface area contributed by atoms with Crippen molar-refractivity contribution in [3.63, 3.8) is 0 Å².